The van der Waals surface area contributed by atoms with Crippen LogP contribution in [0, 0.1) is 5.92 Å². The number of hydrogen-bond acceptors (Lipinski definition) is 5. The van der Waals surface area contributed by atoms with E-state index >= 15 is 0 Å². The fraction of sp³-hybridized carbons (Fsp3) is 0.444. The molecule has 0 aromatic heterocycles. The van der Waals surface area contributed by atoms with Crippen LogP contribution in [0.15, 0.2) is 48.5 Å². The Hall–Kier alpha value is -3.39. The lowest BCUT2D eigenvalue weighted by Crippen LogP contribution is -2.47. The van der Waals surface area contributed by atoms with Crippen molar-refractivity contribution in [2.75, 3.05) is 13.2 Å². The molecule has 35 heavy (non-hydrogen) atoms. The number of hydrogen-bond donors (Lipinski definition) is 4. The van der Waals surface area contributed by atoms with Crippen LogP contribution in [-0.4, -0.2) is 53.5 Å². The largest absolute Gasteiger partial charge is 0.480 e. The summed E-state index contributed by atoms with van der Waals surface area (Å²) < 4.78 is 5.66. The first-order chi connectivity index (χ1) is 17.0. The number of aliphatic hydroxyl groups excluding tert-OH is 1. The maximum Gasteiger partial charge on any atom is 0.407 e. The van der Waals surface area contributed by atoms with Gasteiger partial charge >= 0.3 is 12.1 Å². The maximum absolute atomic E-state index is 12.8. The highest BCUT2D eigenvalue weighted by molar-refractivity contribution is 5.84. The molecule has 0 heterocycles. The van der Waals surface area contributed by atoms with E-state index in [1.807, 2.05) is 24.3 Å². The number of alkyl carbamates (subject to hydrolysis) is 1. The zero-order valence-corrected chi connectivity index (χ0v) is 19.6. The molecule has 1 saturated carbocycles. The smallest absolute Gasteiger partial charge is 0.407 e. The predicted molar refractivity (Wildman–Crippen MR) is 130 cm³/mol. The van der Waals surface area contributed by atoms with Gasteiger partial charge in [0.15, 0.2) is 0 Å². The number of benzene rings is 2. The third-order valence-corrected chi connectivity index (χ3v) is 7.07. The number of nitrogens with one attached hydrogen (secondary N) is 2. The Balaban J connectivity index is 1.39. The first-order valence-electron chi connectivity index (χ1n) is 12.2. The Morgan fingerprint density at radius 2 is 1.54 bits per heavy atom. The molecule has 2 atom stereocenters. The number of rotatable bonds is 10. The van der Waals surface area contributed by atoms with Gasteiger partial charge in [0.1, 0.15) is 12.6 Å². The second kappa shape index (κ2) is 11.4. The number of carbonyl (C=O) groups is 3. The van der Waals surface area contributed by atoms with Gasteiger partial charge in [-0.05, 0) is 41.0 Å². The van der Waals surface area contributed by atoms with Crippen molar-refractivity contribution in [1.82, 2.24) is 10.6 Å². The fourth-order valence-electron chi connectivity index (χ4n) is 5.33. The molecule has 0 saturated heterocycles. The van der Waals surface area contributed by atoms with E-state index in [2.05, 4.69) is 34.9 Å². The quantitative estimate of drug-likeness (QED) is 0.413. The predicted octanol–water partition coefficient (Wildman–Crippen LogP) is 3.43. The minimum absolute atomic E-state index is 0.0376. The molecule has 4 rings (SSSR count). The summed E-state index contributed by atoms with van der Waals surface area (Å²) in [4.78, 5) is 36.7. The molecule has 8 heteroatoms. The van der Waals surface area contributed by atoms with Gasteiger partial charge in [-0.25, -0.2) is 9.59 Å². The molecule has 2 aliphatic rings. The number of ether oxygens (including phenoxy) is 1. The van der Waals surface area contributed by atoms with Crippen molar-refractivity contribution in [3.8, 4) is 11.1 Å². The summed E-state index contributed by atoms with van der Waals surface area (Å²) in [7, 11) is 0. The molecule has 0 spiro atoms. The molecule has 2 aromatic rings. The summed E-state index contributed by atoms with van der Waals surface area (Å²) in [5.74, 6) is -1.60. The molecular weight excluding hydrogens is 448 g/mol. The molecule has 2 aliphatic carbocycles. The van der Waals surface area contributed by atoms with Crippen molar-refractivity contribution in [3.63, 3.8) is 0 Å². The van der Waals surface area contributed by atoms with Crippen LogP contribution in [0.25, 0.3) is 11.1 Å². The summed E-state index contributed by atoms with van der Waals surface area (Å²) >= 11 is 0. The number of fused-ring (bicyclic) bond motifs is 3. The van der Waals surface area contributed by atoms with Crippen LogP contribution in [-0.2, 0) is 14.3 Å². The number of carbonyl (C=O) groups excluding carboxylic acids is 2. The van der Waals surface area contributed by atoms with Crippen LogP contribution in [0.5, 0.6) is 0 Å². The number of aliphatic carboxylic acids is 1. The van der Waals surface area contributed by atoms with Crippen molar-refractivity contribution in [2.24, 2.45) is 5.92 Å². The van der Waals surface area contributed by atoms with Gasteiger partial charge in [-0.1, -0.05) is 61.4 Å². The lowest BCUT2D eigenvalue weighted by atomic mass is 9.95. The van der Waals surface area contributed by atoms with Crippen LogP contribution in [0.2, 0.25) is 0 Å². The molecular formula is C27H32N2O6. The molecule has 0 aliphatic heterocycles. The van der Waals surface area contributed by atoms with Gasteiger partial charge in [0.25, 0.3) is 0 Å². The Labute approximate surface area is 204 Å². The summed E-state index contributed by atoms with van der Waals surface area (Å²) in [6.45, 7) is -0.164. The van der Waals surface area contributed by atoms with E-state index in [1.165, 1.54) is 0 Å². The molecule has 2 amide bonds. The Kier molecular flexibility index (Phi) is 8.02. The monoisotopic (exact) mass is 480 g/mol. The van der Waals surface area contributed by atoms with E-state index in [1.54, 1.807) is 0 Å². The van der Waals surface area contributed by atoms with Crippen molar-refractivity contribution in [3.05, 3.63) is 59.7 Å². The average molecular weight is 481 g/mol. The topological polar surface area (TPSA) is 125 Å². The van der Waals surface area contributed by atoms with Gasteiger partial charge in [-0.15, -0.1) is 0 Å². The van der Waals surface area contributed by atoms with Crippen LogP contribution >= 0.6 is 0 Å². The van der Waals surface area contributed by atoms with Crippen LogP contribution in [0.4, 0.5) is 4.79 Å². The average Bonchev–Trinajstić information content (AvgIpc) is 3.49. The van der Waals surface area contributed by atoms with Gasteiger partial charge in [-0.3, -0.25) is 4.79 Å². The maximum atomic E-state index is 12.8. The molecule has 0 bridgehead atoms. The molecule has 0 radical (unpaired) electrons. The normalized spacial score (nSPS) is 16.7. The number of amides is 2. The van der Waals surface area contributed by atoms with Crippen molar-refractivity contribution < 1.29 is 29.3 Å². The van der Waals surface area contributed by atoms with Gasteiger partial charge in [0.05, 0.1) is 0 Å². The van der Waals surface area contributed by atoms with E-state index in [4.69, 9.17) is 9.84 Å². The third kappa shape index (κ3) is 5.82. The molecule has 1 fully saturated rings. The first kappa shape index (κ1) is 24.7. The lowest BCUT2D eigenvalue weighted by Gasteiger charge is -2.25. The minimum atomic E-state index is -1.20. The van der Waals surface area contributed by atoms with Gasteiger partial charge in [0, 0.05) is 31.4 Å². The Bertz CT molecular complexity index is 1020. The van der Waals surface area contributed by atoms with E-state index in [-0.39, 0.29) is 37.9 Å². The van der Waals surface area contributed by atoms with E-state index in [0.717, 1.165) is 47.9 Å². The van der Waals surface area contributed by atoms with Gasteiger partial charge in [-0.2, -0.15) is 0 Å². The van der Waals surface area contributed by atoms with Crippen molar-refractivity contribution in [1.29, 1.82) is 0 Å². The minimum Gasteiger partial charge on any atom is -0.480 e. The molecule has 2 unspecified atom stereocenters. The second-order valence-corrected chi connectivity index (χ2v) is 9.30. The molecule has 186 valence electrons. The first-order valence-corrected chi connectivity index (χ1v) is 12.2. The molecule has 2 aromatic carbocycles. The zero-order chi connectivity index (χ0) is 24.8. The van der Waals surface area contributed by atoms with Crippen LogP contribution in [0.3, 0.4) is 0 Å². The fourth-order valence-corrected chi connectivity index (χ4v) is 5.33. The van der Waals surface area contributed by atoms with Crippen molar-refractivity contribution in [2.45, 2.75) is 56.5 Å². The summed E-state index contributed by atoms with van der Waals surface area (Å²) in [6, 6.07) is 14.6. The molecule has 4 N–H and O–H groups in total. The number of carboxylic acid groups (broad SMARTS) is 1. The summed E-state index contributed by atoms with van der Waals surface area (Å²) in [5.41, 5.74) is 4.54. The van der Waals surface area contributed by atoms with E-state index < -0.39 is 30.1 Å². The SMILES string of the molecule is O=C(CC(NC(=O)OCC1c2ccccc2-c2ccccc21)C1CCCC1)NC(CCO)C(=O)O. The highest BCUT2D eigenvalue weighted by Gasteiger charge is 2.32. The van der Waals surface area contributed by atoms with Gasteiger partial charge < -0.3 is 25.6 Å². The lowest BCUT2D eigenvalue weighted by molar-refractivity contribution is -0.142. The van der Waals surface area contributed by atoms with Crippen LogP contribution < -0.4 is 10.6 Å². The van der Waals surface area contributed by atoms with Crippen LogP contribution in [0.1, 0.15) is 55.6 Å². The zero-order valence-electron chi connectivity index (χ0n) is 19.6. The third-order valence-electron chi connectivity index (χ3n) is 7.07. The number of aliphatic hydroxyl groups is 1. The van der Waals surface area contributed by atoms with E-state index in [9.17, 15) is 19.5 Å². The van der Waals surface area contributed by atoms with Gasteiger partial charge in [0.2, 0.25) is 5.91 Å². The summed E-state index contributed by atoms with van der Waals surface area (Å²) in [6.07, 6.45) is 3.14. The highest BCUT2D eigenvalue weighted by atomic mass is 16.5. The Morgan fingerprint density at radius 3 is 2.11 bits per heavy atom. The Morgan fingerprint density at radius 1 is 0.943 bits per heavy atom. The second-order valence-electron chi connectivity index (χ2n) is 9.30. The van der Waals surface area contributed by atoms with Crippen molar-refractivity contribution >= 4 is 18.0 Å². The van der Waals surface area contributed by atoms with E-state index in [0.29, 0.717) is 0 Å². The highest BCUT2D eigenvalue weighted by Crippen LogP contribution is 2.44. The number of carboxylic acids is 1. The molecule has 8 nitrogen and oxygen atoms in total. The standard InChI is InChI=1S/C27H32N2O6/c30-14-13-23(26(32)33)28-25(31)15-24(17-7-1-2-8-17)29-27(34)35-16-22-20-11-5-3-9-18(20)19-10-4-6-12-21(19)22/h3-6,9-12,17,22-24,30H,1-2,7-8,13-16H2,(H,28,31)(H,29,34)(H,32,33). The summed E-state index contributed by atoms with van der Waals surface area (Å²) in [5, 5.41) is 23.6.